The molecular weight excluding hydrogens is 486 g/mol. The van der Waals surface area contributed by atoms with Gasteiger partial charge >= 0.3 is 0 Å². The van der Waals surface area contributed by atoms with Gasteiger partial charge in [0, 0.05) is 76.0 Å². The Kier molecular flexibility index (Phi) is 14.4. The minimum absolute atomic E-state index is 0.00547. The average Bonchev–Trinajstić information content (AvgIpc) is 3.17. The van der Waals surface area contributed by atoms with Crippen LogP contribution in [0.15, 0.2) is 30.0 Å². The van der Waals surface area contributed by atoms with Gasteiger partial charge in [-0.3, -0.25) is 29.3 Å². The monoisotopic (exact) mass is 523 g/mol. The van der Waals surface area contributed by atoms with Gasteiger partial charge in [-0.25, -0.2) is 0 Å². The van der Waals surface area contributed by atoms with Crippen molar-refractivity contribution in [3.8, 4) is 0 Å². The molecule has 1 aliphatic rings. The summed E-state index contributed by atoms with van der Waals surface area (Å²) in [6.45, 7) is 5.31. The summed E-state index contributed by atoms with van der Waals surface area (Å²) >= 11 is 1.76. The lowest BCUT2D eigenvalue weighted by Crippen LogP contribution is -2.52. The number of aliphatic carboxylic acids is 2. The van der Waals surface area contributed by atoms with Crippen molar-refractivity contribution in [3.05, 3.63) is 46.2 Å². The maximum Gasteiger partial charge on any atom is 0.300 e. The first-order valence-electron chi connectivity index (χ1n) is 11.5. The molecule has 1 amide bonds. The molecule has 1 aliphatic heterocycles. The number of likely N-dealkylation sites (tertiary alicyclic amines) is 1. The number of β-amino-alcohol motifs (C(OH)–C–C–N with tert-alkyl or cyclic N) is 1. The van der Waals surface area contributed by atoms with Gasteiger partial charge in [0.2, 0.25) is 5.91 Å². The van der Waals surface area contributed by atoms with E-state index < -0.39 is 18.0 Å². The molecule has 1 saturated heterocycles. The van der Waals surface area contributed by atoms with Crippen molar-refractivity contribution in [2.24, 2.45) is 0 Å². The van der Waals surface area contributed by atoms with Gasteiger partial charge in [0.15, 0.2) is 0 Å². The smallest absolute Gasteiger partial charge is 0.300 e. The van der Waals surface area contributed by atoms with E-state index in [1.54, 1.807) is 29.9 Å². The van der Waals surface area contributed by atoms with E-state index >= 15 is 0 Å². The third-order valence-electron chi connectivity index (χ3n) is 4.68. The molecule has 2 atom stereocenters. The SMILES string of the molecule is CC(=O)O.CC(=O)O.CN(C)Cc1csc(CN2C[C@H](O)C[C@H](NC(=O)CCc3cnccn3)C2)c1. The van der Waals surface area contributed by atoms with Crippen LogP contribution in [0.5, 0.6) is 0 Å². The van der Waals surface area contributed by atoms with E-state index in [4.69, 9.17) is 19.8 Å². The molecule has 11 nitrogen and oxygen atoms in total. The molecule has 4 N–H and O–H groups in total. The number of nitrogens with one attached hydrogen (secondary N) is 1. The van der Waals surface area contributed by atoms with Crippen LogP contribution in [0.25, 0.3) is 0 Å². The zero-order chi connectivity index (χ0) is 27.1. The Morgan fingerprint density at radius 2 is 1.83 bits per heavy atom. The lowest BCUT2D eigenvalue weighted by molar-refractivity contribution is -0.135. The number of piperidine rings is 1. The van der Waals surface area contributed by atoms with Gasteiger partial charge in [0.05, 0.1) is 11.8 Å². The normalized spacial score (nSPS) is 17.3. The lowest BCUT2D eigenvalue weighted by atomic mass is 10.0. The van der Waals surface area contributed by atoms with Crippen LogP contribution in [0, 0.1) is 0 Å². The van der Waals surface area contributed by atoms with Crippen LogP contribution < -0.4 is 5.32 Å². The molecule has 0 aromatic carbocycles. The Labute approximate surface area is 215 Å². The summed E-state index contributed by atoms with van der Waals surface area (Å²) in [4.78, 5) is 44.2. The second-order valence-corrected chi connectivity index (χ2v) is 9.74. The number of amides is 1. The highest BCUT2D eigenvalue weighted by atomic mass is 32.1. The number of hydrogen-bond donors (Lipinski definition) is 4. The van der Waals surface area contributed by atoms with Gasteiger partial charge in [-0.1, -0.05) is 0 Å². The highest BCUT2D eigenvalue weighted by molar-refractivity contribution is 7.10. The third-order valence-corrected chi connectivity index (χ3v) is 5.65. The number of carbonyl (C=O) groups excluding carboxylic acids is 1. The molecule has 12 heteroatoms. The predicted octanol–water partition coefficient (Wildman–Crippen LogP) is 1.47. The van der Waals surface area contributed by atoms with Crippen LogP contribution >= 0.6 is 11.3 Å². The van der Waals surface area contributed by atoms with Crippen molar-refractivity contribution in [2.45, 2.75) is 58.3 Å². The molecule has 0 bridgehead atoms. The molecule has 2 aromatic rings. The number of nitrogens with zero attached hydrogens (tertiary/aromatic N) is 4. The molecule has 2 aromatic heterocycles. The van der Waals surface area contributed by atoms with Gasteiger partial charge in [-0.05, 0) is 43.9 Å². The van der Waals surface area contributed by atoms with Crippen molar-refractivity contribution in [1.29, 1.82) is 0 Å². The number of carboxylic acids is 2. The molecule has 36 heavy (non-hydrogen) atoms. The molecule has 3 heterocycles. The van der Waals surface area contributed by atoms with Crippen molar-refractivity contribution in [3.63, 3.8) is 0 Å². The van der Waals surface area contributed by atoms with E-state index in [9.17, 15) is 9.90 Å². The van der Waals surface area contributed by atoms with Crippen LogP contribution in [0.1, 0.15) is 42.8 Å². The topological polar surface area (TPSA) is 156 Å². The van der Waals surface area contributed by atoms with Crippen molar-refractivity contribution in [1.82, 2.24) is 25.1 Å². The van der Waals surface area contributed by atoms with Crippen LogP contribution in [0.4, 0.5) is 0 Å². The fourth-order valence-corrected chi connectivity index (χ4v) is 4.50. The van der Waals surface area contributed by atoms with Gasteiger partial charge < -0.3 is 25.5 Å². The Hall–Kier alpha value is -2.93. The number of aromatic nitrogens is 2. The average molecular weight is 524 g/mol. The van der Waals surface area contributed by atoms with Crippen molar-refractivity contribution >= 4 is 29.2 Å². The minimum atomic E-state index is -0.833. The van der Waals surface area contributed by atoms with E-state index in [-0.39, 0.29) is 11.9 Å². The highest BCUT2D eigenvalue weighted by Gasteiger charge is 2.27. The Balaban J connectivity index is 0.000000709. The lowest BCUT2D eigenvalue weighted by Gasteiger charge is -2.35. The standard InChI is InChI=1S/C20H29N5O2S.2C2H4O2/c1-24(2)10-15-7-19(28-14-15)13-25-11-17(8-18(26)12-25)23-20(27)4-3-16-9-21-5-6-22-16;2*1-2(3)4/h5-7,9,14,17-18,26H,3-4,8,10-13H2,1-2H3,(H,23,27);2*1H3,(H,3,4)/t17-,18+;;/m0../s1. The number of thiophene rings is 1. The number of carboxylic acid groups (broad SMARTS) is 2. The summed E-state index contributed by atoms with van der Waals surface area (Å²) < 4.78 is 0. The van der Waals surface area contributed by atoms with Crippen LogP contribution in [0.2, 0.25) is 0 Å². The summed E-state index contributed by atoms with van der Waals surface area (Å²) in [6, 6.07) is 2.21. The summed E-state index contributed by atoms with van der Waals surface area (Å²) in [7, 11) is 4.13. The predicted molar refractivity (Wildman–Crippen MR) is 137 cm³/mol. The van der Waals surface area contributed by atoms with Gasteiger partial charge in [0.25, 0.3) is 11.9 Å². The summed E-state index contributed by atoms with van der Waals surface area (Å²) in [5.74, 6) is -1.67. The molecular formula is C24H37N5O6S. The first-order chi connectivity index (χ1) is 16.9. The molecule has 0 unspecified atom stereocenters. The maximum absolute atomic E-state index is 12.3. The summed E-state index contributed by atoms with van der Waals surface area (Å²) in [5, 5.41) is 30.4. The van der Waals surface area contributed by atoms with E-state index in [2.05, 4.69) is 50.6 Å². The largest absolute Gasteiger partial charge is 0.481 e. The Morgan fingerprint density at radius 1 is 1.17 bits per heavy atom. The van der Waals surface area contributed by atoms with Gasteiger partial charge in [-0.2, -0.15) is 0 Å². The quantitative estimate of drug-likeness (QED) is 0.399. The van der Waals surface area contributed by atoms with Crippen LogP contribution in [0.3, 0.4) is 0 Å². The zero-order valence-electron chi connectivity index (χ0n) is 21.3. The first kappa shape index (κ1) is 31.1. The summed E-state index contributed by atoms with van der Waals surface area (Å²) in [6.07, 6.45) is 6.08. The van der Waals surface area contributed by atoms with Gasteiger partial charge in [0.1, 0.15) is 0 Å². The molecule has 0 aliphatic carbocycles. The fourth-order valence-electron chi connectivity index (χ4n) is 3.57. The maximum atomic E-state index is 12.3. The second kappa shape index (κ2) is 16.7. The minimum Gasteiger partial charge on any atom is -0.481 e. The van der Waals surface area contributed by atoms with Crippen molar-refractivity contribution < 1.29 is 29.7 Å². The fraction of sp³-hybridized carbons (Fsp3) is 0.542. The Morgan fingerprint density at radius 3 is 2.42 bits per heavy atom. The number of aryl methyl sites for hydroxylation is 1. The number of aliphatic hydroxyl groups is 1. The molecule has 0 saturated carbocycles. The highest BCUT2D eigenvalue weighted by Crippen LogP contribution is 2.20. The number of carbonyl (C=O) groups is 3. The first-order valence-corrected chi connectivity index (χ1v) is 12.4. The summed E-state index contributed by atoms with van der Waals surface area (Å²) in [5.41, 5.74) is 2.13. The van der Waals surface area contributed by atoms with Crippen LogP contribution in [-0.4, -0.2) is 92.3 Å². The number of aliphatic hydroxyl groups excluding tert-OH is 1. The third kappa shape index (κ3) is 15.1. The molecule has 1 fully saturated rings. The molecule has 200 valence electrons. The molecule has 3 rings (SSSR count). The second-order valence-electron chi connectivity index (χ2n) is 8.74. The van der Waals surface area contributed by atoms with Gasteiger partial charge in [-0.15, -0.1) is 11.3 Å². The Bertz CT molecular complexity index is 920. The molecule has 0 spiro atoms. The zero-order valence-corrected chi connectivity index (χ0v) is 22.1. The van der Waals surface area contributed by atoms with Crippen molar-refractivity contribution in [2.75, 3.05) is 27.2 Å². The van der Waals surface area contributed by atoms with Crippen LogP contribution in [-0.2, 0) is 33.9 Å². The van der Waals surface area contributed by atoms with E-state index in [0.29, 0.717) is 25.8 Å². The number of hydrogen-bond acceptors (Lipinski definition) is 9. The number of rotatable bonds is 8. The van der Waals surface area contributed by atoms with E-state index in [0.717, 1.165) is 39.2 Å². The molecule has 0 radical (unpaired) electrons. The van der Waals surface area contributed by atoms with E-state index in [1.165, 1.54) is 10.4 Å². The van der Waals surface area contributed by atoms with E-state index in [1.807, 2.05) is 0 Å².